The second-order valence-electron chi connectivity index (χ2n) is 4.19. The first-order valence-corrected chi connectivity index (χ1v) is 5.12. The average Bonchev–Trinajstić information content (AvgIpc) is 2.13. The lowest BCUT2D eigenvalue weighted by molar-refractivity contribution is -0.133. The Morgan fingerprint density at radius 2 is 1.75 bits per heavy atom. The van der Waals surface area contributed by atoms with Gasteiger partial charge in [0.25, 0.3) is 0 Å². The van der Waals surface area contributed by atoms with Gasteiger partial charge in [0.1, 0.15) is 0 Å². The minimum atomic E-state index is -1.06. The van der Waals surface area contributed by atoms with Crippen LogP contribution in [0.1, 0.15) is 20.8 Å². The van der Waals surface area contributed by atoms with Crippen LogP contribution in [0.5, 0.6) is 0 Å². The zero-order chi connectivity index (χ0) is 12.9. The zero-order valence-electron chi connectivity index (χ0n) is 10.5. The lowest BCUT2D eigenvalue weighted by Crippen LogP contribution is -2.40. The zero-order valence-corrected chi connectivity index (χ0v) is 10.5. The van der Waals surface area contributed by atoms with Gasteiger partial charge in [0.2, 0.25) is 5.91 Å². The fourth-order valence-corrected chi connectivity index (χ4v) is 1.26. The fraction of sp³-hybridized carbons (Fsp3) is 0.636. The van der Waals surface area contributed by atoms with Gasteiger partial charge in [-0.1, -0.05) is 0 Å². The van der Waals surface area contributed by atoms with Gasteiger partial charge in [-0.15, -0.1) is 0 Å². The number of hydrogen-bond donors (Lipinski definition) is 2. The summed E-state index contributed by atoms with van der Waals surface area (Å²) in [5, 5.41) is 11.5. The third-order valence-corrected chi connectivity index (χ3v) is 2.24. The van der Waals surface area contributed by atoms with E-state index in [0.717, 1.165) is 0 Å². The van der Waals surface area contributed by atoms with Crippen molar-refractivity contribution in [3.05, 3.63) is 11.1 Å². The summed E-state index contributed by atoms with van der Waals surface area (Å²) in [6.07, 6.45) is 0. The molecule has 0 aromatic carbocycles. The second-order valence-corrected chi connectivity index (χ2v) is 4.19. The third-order valence-electron chi connectivity index (χ3n) is 2.24. The van der Waals surface area contributed by atoms with E-state index in [4.69, 9.17) is 5.11 Å². The summed E-state index contributed by atoms with van der Waals surface area (Å²) in [6.45, 7) is 5.53. The van der Waals surface area contributed by atoms with Crippen LogP contribution in [-0.4, -0.2) is 48.6 Å². The maximum absolute atomic E-state index is 11.6. The molecule has 0 radical (unpaired) electrons. The Balaban J connectivity index is 4.48. The average molecular weight is 228 g/mol. The number of hydrogen-bond acceptors (Lipinski definition) is 3. The van der Waals surface area contributed by atoms with E-state index in [1.54, 1.807) is 0 Å². The molecule has 92 valence electrons. The second kappa shape index (κ2) is 6.27. The largest absolute Gasteiger partial charge is 0.478 e. The van der Waals surface area contributed by atoms with Gasteiger partial charge in [0.05, 0.1) is 0 Å². The quantitative estimate of drug-likeness (QED) is 0.671. The number of carboxylic acids is 1. The van der Waals surface area contributed by atoms with Crippen LogP contribution in [0.25, 0.3) is 0 Å². The molecular formula is C11H20N2O3. The van der Waals surface area contributed by atoms with E-state index in [0.29, 0.717) is 6.54 Å². The van der Waals surface area contributed by atoms with Gasteiger partial charge in [-0.05, 0) is 34.9 Å². The van der Waals surface area contributed by atoms with Crippen molar-refractivity contribution in [2.75, 3.05) is 20.6 Å². The van der Waals surface area contributed by atoms with Crippen LogP contribution >= 0.6 is 0 Å². The van der Waals surface area contributed by atoms with E-state index in [-0.39, 0.29) is 23.1 Å². The number of carbonyl (C=O) groups is 2. The molecule has 0 bridgehead atoms. The molecule has 0 aliphatic carbocycles. The number of amides is 1. The number of nitrogens with zero attached hydrogens (tertiary/aromatic N) is 1. The maximum atomic E-state index is 11.6. The van der Waals surface area contributed by atoms with Crippen molar-refractivity contribution in [2.24, 2.45) is 0 Å². The van der Waals surface area contributed by atoms with E-state index in [1.807, 2.05) is 25.9 Å². The number of carboxylic acid groups (broad SMARTS) is 1. The van der Waals surface area contributed by atoms with Crippen LogP contribution < -0.4 is 5.32 Å². The van der Waals surface area contributed by atoms with E-state index < -0.39 is 5.97 Å². The number of rotatable bonds is 5. The van der Waals surface area contributed by atoms with Crippen LogP contribution in [0.4, 0.5) is 0 Å². The van der Waals surface area contributed by atoms with Gasteiger partial charge in [0, 0.05) is 23.7 Å². The number of nitrogens with one attached hydrogen (secondary N) is 1. The molecule has 0 spiro atoms. The highest BCUT2D eigenvalue weighted by atomic mass is 16.4. The smallest absolute Gasteiger partial charge is 0.331 e. The first-order valence-electron chi connectivity index (χ1n) is 5.12. The molecule has 5 nitrogen and oxygen atoms in total. The van der Waals surface area contributed by atoms with Gasteiger partial charge in [0.15, 0.2) is 0 Å². The van der Waals surface area contributed by atoms with Gasteiger partial charge >= 0.3 is 5.97 Å². The molecule has 0 saturated carbocycles. The van der Waals surface area contributed by atoms with E-state index in [9.17, 15) is 9.59 Å². The molecule has 2 N–H and O–H groups in total. The Hall–Kier alpha value is -1.36. The Labute approximate surface area is 96.1 Å². The molecule has 5 heteroatoms. The molecule has 0 aliphatic heterocycles. The van der Waals surface area contributed by atoms with Crippen molar-refractivity contribution in [2.45, 2.75) is 26.8 Å². The molecule has 1 unspecified atom stereocenters. The molecular weight excluding hydrogens is 208 g/mol. The van der Waals surface area contributed by atoms with Crippen LogP contribution in [0, 0.1) is 0 Å². The molecule has 16 heavy (non-hydrogen) atoms. The number of likely N-dealkylation sites (N-methyl/N-ethyl adjacent to an activating group) is 1. The van der Waals surface area contributed by atoms with Crippen LogP contribution in [0.2, 0.25) is 0 Å². The molecule has 0 aliphatic rings. The summed E-state index contributed by atoms with van der Waals surface area (Å²) in [7, 11) is 3.82. The predicted octanol–water partition coefficient (Wildman–Crippen LogP) is 0.474. The SMILES string of the molecule is CC(C(=O)O)=C(C)C(=O)NC(C)CN(C)C. The summed E-state index contributed by atoms with van der Waals surface area (Å²) >= 11 is 0. The number of carbonyl (C=O) groups excluding carboxylic acids is 1. The Kier molecular flexibility index (Phi) is 5.74. The molecule has 0 heterocycles. The lowest BCUT2D eigenvalue weighted by atomic mass is 10.1. The molecule has 0 aromatic heterocycles. The number of aliphatic carboxylic acids is 1. The highest BCUT2D eigenvalue weighted by Gasteiger charge is 2.14. The molecule has 0 rings (SSSR count). The van der Waals surface area contributed by atoms with Crippen molar-refractivity contribution in [3.8, 4) is 0 Å². The van der Waals surface area contributed by atoms with Gasteiger partial charge in [-0.25, -0.2) is 4.79 Å². The standard InChI is InChI=1S/C11H20N2O3/c1-7(6-13(4)5)12-10(14)8(2)9(3)11(15)16/h7H,6H2,1-5H3,(H,12,14)(H,15,16). The van der Waals surface area contributed by atoms with Crippen LogP contribution in [-0.2, 0) is 9.59 Å². The monoisotopic (exact) mass is 228 g/mol. The van der Waals surface area contributed by atoms with Crippen molar-refractivity contribution in [3.63, 3.8) is 0 Å². The summed E-state index contributed by atoms with van der Waals surface area (Å²) < 4.78 is 0. The van der Waals surface area contributed by atoms with Gasteiger partial charge < -0.3 is 15.3 Å². The van der Waals surface area contributed by atoms with Crippen LogP contribution in [0.15, 0.2) is 11.1 Å². The van der Waals surface area contributed by atoms with Crippen LogP contribution in [0.3, 0.4) is 0 Å². The van der Waals surface area contributed by atoms with E-state index >= 15 is 0 Å². The Morgan fingerprint density at radius 3 is 2.12 bits per heavy atom. The first kappa shape index (κ1) is 14.6. The predicted molar refractivity (Wildman–Crippen MR) is 62.2 cm³/mol. The minimum Gasteiger partial charge on any atom is -0.478 e. The van der Waals surface area contributed by atoms with Crippen molar-refractivity contribution >= 4 is 11.9 Å². The highest BCUT2D eigenvalue weighted by Crippen LogP contribution is 2.03. The fourth-order valence-electron chi connectivity index (χ4n) is 1.26. The minimum absolute atomic E-state index is 0.0148. The molecule has 0 aromatic rings. The van der Waals surface area contributed by atoms with E-state index in [2.05, 4.69) is 5.32 Å². The first-order chi connectivity index (χ1) is 7.25. The summed E-state index contributed by atoms with van der Waals surface area (Å²) in [5.74, 6) is -1.39. The summed E-state index contributed by atoms with van der Waals surface area (Å²) in [4.78, 5) is 24.2. The highest BCUT2D eigenvalue weighted by molar-refractivity contribution is 6.01. The van der Waals surface area contributed by atoms with Crippen molar-refractivity contribution in [1.29, 1.82) is 0 Å². The third kappa shape index (κ3) is 4.93. The lowest BCUT2D eigenvalue weighted by Gasteiger charge is -2.18. The topological polar surface area (TPSA) is 69.6 Å². The van der Waals surface area contributed by atoms with Crippen molar-refractivity contribution < 1.29 is 14.7 Å². The molecule has 0 fully saturated rings. The van der Waals surface area contributed by atoms with Gasteiger partial charge in [-0.2, -0.15) is 0 Å². The maximum Gasteiger partial charge on any atom is 0.331 e. The molecule has 0 saturated heterocycles. The Morgan fingerprint density at radius 1 is 1.25 bits per heavy atom. The summed E-state index contributed by atoms with van der Waals surface area (Å²) in [5.41, 5.74) is 0.327. The van der Waals surface area contributed by atoms with Crippen molar-refractivity contribution in [1.82, 2.24) is 10.2 Å². The van der Waals surface area contributed by atoms with Gasteiger partial charge in [-0.3, -0.25) is 4.79 Å². The molecule has 1 atom stereocenters. The normalized spacial score (nSPS) is 14.4. The Bertz CT molecular complexity index is 308. The van der Waals surface area contributed by atoms with E-state index in [1.165, 1.54) is 13.8 Å². The molecule has 1 amide bonds. The summed E-state index contributed by atoms with van der Waals surface area (Å²) in [6, 6.07) is -0.0148.